The molecule has 2 aromatic rings. The average Bonchev–Trinajstić information content (AvgIpc) is 2.97. The second-order valence-electron chi connectivity index (χ2n) is 9.55. The lowest BCUT2D eigenvalue weighted by Gasteiger charge is -2.42. The fraction of sp³-hybridized carbons (Fsp3) is 0.435. The molecule has 2 bridgehead atoms. The second kappa shape index (κ2) is 9.84. The number of benzene rings is 2. The van der Waals surface area contributed by atoms with Crippen molar-refractivity contribution >= 4 is 43.1 Å². The zero-order valence-electron chi connectivity index (χ0n) is 19.5. The van der Waals surface area contributed by atoms with Crippen LogP contribution in [0.4, 0.5) is 18.9 Å². The van der Waals surface area contributed by atoms with Gasteiger partial charge in [-0.15, -0.1) is 0 Å². The van der Waals surface area contributed by atoms with Gasteiger partial charge in [0.1, 0.15) is 0 Å². The molecule has 2 aromatic carbocycles. The molecule has 4 rings (SSSR count). The van der Waals surface area contributed by atoms with Crippen molar-refractivity contribution < 1.29 is 39.9 Å². The topological polar surface area (TPSA) is 130 Å². The number of amides is 1. The SMILES string of the molecule is CS(=O)(=O)NC[C@]1(O)C2CC[C@H]1C[C@H](S(=O)(=O)c1cc(C(=O)Nc3cc(F)c(F)c(F)c3)ccc1Cl)C2. The lowest BCUT2D eigenvalue weighted by atomic mass is 9.74. The summed E-state index contributed by atoms with van der Waals surface area (Å²) in [5, 5.41) is 12.3. The Balaban J connectivity index is 1.56. The number of aliphatic hydroxyl groups is 1. The molecule has 0 aromatic heterocycles. The molecule has 0 radical (unpaired) electrons. The maximum Gasteiger partial charge on any atom is 0.255 e. The van der Waals surface area contributed by atoms with Gasteiger partial charge in [0.25, 0.3) is 5.91 Å². The summed E-state index contributed by atoms with van der Waals surface area (Å²) in [6.45, 7) is -0.213. The van der Waals surface area contributed by atoms with Crippen molar-refractivity contribution in [2.75, 3.05) is 18.1 Å². The van der Waals surface area contributed by atoms with Gasteiger partial charge in [-0.25, -0.2) is 34.7 Å². The summed E-state index contributed by atoms with van der Waals surface area (Å²) in [7, 11) is -7.65. The van der Waals surface area contributed by atoms with E-state index < -0.39 is 65.9 Å². The van der Waals surface area contributed by atoms with Gasteiger partial charge in [0.15, 0.2) is 27.3 Å². The fourth-order valence-electron chi connectivity index (χ4n) is 5.27. The molecule has 8 nitrogen and oxygen atoms in total. The molecule has 2 aliphatic carbocycles. The minimum Gasteiger partial charge on any atom is -0.388 e. The van der Waals surface area contributed by atoms with Crippen LogP contribution in [0, 0.1) is 29.3 Å². The third-order valence-corrected chi connectivity index (χ3v) is 10.5. The molecular weight excluding hydrogens is 557 g/mol. The van der Waals surface area contributed by atoms with Crippen LogP contribution in [0.15, 0.2) is 35.2 Å². The van der Waals surface area contributed by atoms with Gasteiger partial charge in [0.05, 0.1) is 27.0 Å². The molecule has 1 unspecified atom stereocenters. The first kappa shape index (κ1) is 27.8. The van der Waals surface area contributed by atoms with Gasteiger partial charge in [0.2, 0.25) is 10.0 Å². The maximum absolute atomic E-state index is 13.6. The van der Waals surface area contributed by atoms with Crippen molar-refractivity contribution in [1.29, 1.82) is 0 Å². The Bertz CT molecular complexity index is 1430. The number of sulfonamides is 1. The van der Waals surface area contributed by atoms with Crippen LogP contribution in [0.2, 0.25) is 5.02 Å². The largest absolute Gasteiger partial charge is 0.388 e. The molecule has 202 valence electrons. The van der Waals surface area contributed by atoms with E-state index in [-0.39, 0.29) is 40.6 Å². The van der Waals surface area contributed by atoms with Gasteiger partial charge >= 0.3 is 0 Å². The third-order valence-electron chi connectivity index (χ3n) is 7.17. The Morgan fingerprint density at radius 1 is 1.05 bits per heavy atom. The van der Waals surface area contributed by atoms with Gasteiger partial charge in [-0.1, -0.05) is 11.6 Å². The molecule has 0 heterocycles. The first-order valence-corrected chi connectivity index (χ1v) is 15.1. The fourth-order valence-corrected chi connectivity index (χ4v) is 8.17. The summed E-state index contributed by atoms with van der Waals surface area (Å²) in [6, 6.07) is 4.66. The number of hydrogen-bond donors (Lipinski definition) is 3. The van der Waals surface area contributed by atoms with E-state index in [1.807, 2.05) is 0 Å². The maximum atomic E-state index is 13.6. The van der Waals surface area contributed by atoms with E-state index in [0.717, 1.165) is 12.3 Å². The van der Waals surface area contributed by atoms with Crippen LogP contribution in [-0.4, -0.2) is 51.5 Å². The van der Waals surface area contributed by atoms with E-state index in [4.69, 9.17) is 11.6 Å². The molecule has 14 heteroatoms. The molecule has 37 heavy (non-hydrogen) atoms. The van der Waals surface area contributed by atoms with Crippen molar-refractivity contribution in [2.45, 2.75) is 41.4 Å². The minimum atomic E-state index is -4.09. The number of hydrogen-bond acceptors (Lipinski definition) is 6. The van der Waals surface area contributed by atoms with Crippen molar-refractivity contribution in [3.63, 3.8) is 0 Å². The summed E-state index contributed by atoms with van der Waals surface area (Å²) in [4.78, 5) is 12.3. The lowest BCUT2D eigenvalue weighted by molar-refractivity contribution is -0.0525. The smallest absolute Gasteiger partial charge is 0.255 e. The highest BCUT2D eigenvalue weighted by Crippen LogP contribution is 2.52. The molecule has 2 saturated carbocycles. The minimum absolute atomic E-state index is 0.0711. The van der Waals surface area contributed by atoms with Crippen LogP contribution in [0.1, 0.15) is 36.0 Å². The van der Waals surface area contributed by atoms with Crippen LogP contribution in [0.5, 0.6) is 0 Å². The molecule has 2 fully saturated rings. The van der Waals surface area contributed by atoms with E-state index in [9.17, 15) is 39.9 Å². The molecule has 2 aliphatic rings. The van der Waals surface area contributed by atoms with E-state index in [0.29, 0.717) is 25.0 Å². The van der Waals surface area contributed by atoms with Gasteiger partial charge < -0.3 is 10.4 Å². The Morgan fingerprint density at radius 2 is 1.62 bits per heavy atom. The Kier molecular flexibility index (Phi) is 7.40. The number of carbonyl (C=O) groups excluding carboxylic acids is 1. The Labute approximate surface area is 217 Å². The quantitative estimate of drug-likeness (QED) is 0.431. The summed E-state index contributed by atoms with van der Waals surface area (Å²) in [5.41, 5.74) is -1.91. The molecule has 0 spiro atoms. The molecule has 1 amide bonds. The molecular formula is C23H24ClF3N2O6S2. The predicted molar refractivity (Wildman–Crippen MR) is 130 cm³/mol. The highest BCUT2D eigenvalue weighted by atomic mass is 35.5. The van der Waals surface area contributed by atoms with Crippen molar-refractivity contribution in [3.8, 4) is 0 Å². The first-order valence-electron chi connectivity index (χ1n) is 11.3. The van der Waals surface area contributed by atoms with Crippen molar-refractivity contribution in [3.05, 3.63) is 58.4 Å². The number of carbonyl (C=O) groups is 1. The monoisotopic (exact) mass is 580 g/mol. The first-order chi connectivity index (χ1) is 17.1. The van der Waals surface area contributed by atoms with Crippen LogP contribution >= 0.6 is 11.6 Å². The number of halogens is 4. The van der Waals surface area contributed by atoms with Gasteiger partial charge in [-0.3, -0.25) is 4.79 Å². The summed E-state index contributed by atoms with van der Waals surface area (Å²) < 4.78 is 92.7. The second-order valence-corrected chi connectivity index (χ2v) is 14.0. The zero-order valence-corrected chi connectivity index (χ0v) is 21.9. The highest BCUT2D eigenvalue weighted by molar-refractivity contribution is 7.92. The van der Waals surface area contributed by atoms with E-state index in [2.05, 4.69) is 10.0 Å². The van der Waals surface area contributed by atoms with Crippen molar-refractivity contribution in [2.24, 2.45) is 11.8 Å². The van der Waals surface area contributed by atoms with Crippen LogP contribution in [0.3, 0.4) is 0 Å². The number of anilines is 1. The number of rotatable bonds is 7. The van der Waals surface area contributed by atoms with E-state index in [1.165, 1.54) is 12.1 Å². The number of fused-ring (bicyclic) bond motifs is 2. The number of nitrogens with one attached hydrogen (secondary N) is 2. The molecule has 0 aliphatic heterocycles. The predicted octanol–water partition coefficient (Wildman–Crippen LogP) is 3.25. The third kappa shape index (κ3) is 5.51. The van der Waals surface area contributed by atoms with Crippen molar-refractivity contribution in [1.82, 2.24) is 4.72 Å². The normalized spacial score (nSPS) is 25.7. The Morgan fingerprint density at radius 3 is 2.16 bits per heavy atom. The number of sulfone groups is 1. The van der Waals surface area contributed by atoms with Crippen LogP contribution in [-0.2, 0) is 19.9 Å². The average molecular weight is 581 g/mol. The van der Waals surface area contributed by atoms with Crippen LogP contribution in [0.25, 0.3) is 0 Å². The summed E-state index contributed by atoms with van der Waals surface area (Å²) in [6.07, 6.45) is 2.17. The van der Waals surface area contributed by atoms with E-state index in [1.54, 1.807) is 0 Å². The van der Waals surface area contributed by atoms with Crippen LogP contribution < -0.4 is 10.0 Å². The zero-order chi connectivity index (χ0) is 27.3. The summed E-state index contributed by atoms with van der Waals surface area (Å²) >= 11 is 6.19. The van der Waals surface area contributed by atoms with Gasteiger partial charge in [0, 0.05) is 29.9 Å². The Hall–Kier alpha value is -2.19. The molecule has 0 saturated heterocycles. The lowest BCUT2D eigenvalue weighted by Crippen LogP contribution is -2.54. The standard InChI is InChI=1S/C23H24ClF3N2O6S2/c1-36(32,33)28-11-23(31)13-3-4-14(23)8-16(7-13)37(34,35)20-6-12(2-5-17(20)24)22(30)29-15-9-18(25)21(27)19(26)10-15/h2,5-6,9-10,13-14,16,28,31H,3-4,7-8,11H2,1H3,(H,29,30)/t13-,14?,16-,23+/m0/s1. The highest BCUT2D eigenvalue weighted by Gasteiger charge is 2.55. The summed E-state index contributed by atoms with van der Waals surface area (Å²) in [5.74, 6) is -6.54. The van der Waals surface area contributed by atoms with Gasteiger partial charge in [-0.05, 0) is 55.7 Å². The molecule has 3 N–H and O–H groups in total. The molecule has 4 atom stereocenters. The van der Waals surface area contributed by atoms with Gasteiger partial charge in [-0.2, -0.15) is 0 Å². The van der Waals surface area contributed by atoms with E-state index >= 15 is 0 Å².